The lowest BCUT2D eigenvalue weighted by Gasteiger charge is -2.24. The molecule has 0 nitrogen and oxygen atoms in total. The van der Waals surface area contributed by atoms with E-state index in [2.05, 4.69) is 20.8 Å². The molecular weight excluding hydrogens is 219 g/mol. The fraction of sp³-hybridized carbons (Fsp3) is 1.00. The Labute approximate surface area is 85.2 Å². The molecule has 11 heavy (non-hydrogen) atoms. The average Bonchev–Trinajstić information content (AvgIpc) is 2.00. The lowest BCUT2D eigenvalue weighted by atomic mass is 9.95. The van der Waals surface area contributed by atoms with E-state index in [0.29, 0.717) is 23.3 Å². The second-order valence-electron chi connectivity index (χ2n) is 3.18. The van der Waals surface area contributed by atoms with Gasteiger partial charge in [0.05, 0.1) is 0 Å². The van der Waals surface area contributed by atoms with Crippen molar-refractivity contribution >= 4 is 41.2 Å². The summed E-state index contributed by atoms with van der Waals surface area (Å²) in [5, 5.41) is 0. The Balaban J connectivity index is 3.90. The van der Waals surface area contributed by atoms with E-state index in [1.807, 2.05) is 0 Å². The Morgan fingerprint density at radius 3 is 1.91 bits per heavy atom. The zero-order valence-corrected chi connectivity index (χ0v) is 10.6. The smallest absolute Gasteiger partial charge is 0.150 e. The molecule has 0 aromatic rings. The van der Waals surface area contributed by atoms with Crippen LogP contribution in [0.4, 0.5) is 0 Å². The minimum absolute atomic E-state index is 0.451. The van der Waals surface area contributed by atoms with Gasteiger partial charge in [-0.25, -0.2) is 0 Å². The summed E-state index contributed by atoms with van der Waals surface area (Å²) in [6, 6.07) is 0. The molecule has 0 N–H and O–H groups in total. The molecule has 0 amide bonds. The summed E-state index contributed by atoms with van der Waals surface area (Å²) < 4.78 is 0. The maximum absolute atomic E-state index is 5.89. The highest BCUT2D eigenvalue weighted by Crippen LogP contribution is 2.31. The van der Waals surface area contributed by atoms with E-state index >= 15 is 0 Å². The van der Waals surface area contributed by atoms with E-state index in [-0.39, 0.29) is 0 Å². The zero-order chi connectivity index (χ0) is 9.02. The predicted octanol–water partition coefficient (Wildman–Crippen LogP) is 3.59. The molecule has 3 atom stereocenters. The molecule has 0 saturated heterocycles. The quantitative estimate of drug-likeness (QED) is 0.396. The molecule has 0 bridgehead atoms. The van der Waals surface area contributed by atoms with Crippen molar-refractivity contribution in [3.63, 3.8) is 0 Å². The van der Waals surface area contributed by atoms with E-state index in [0.717, 1.165) is 0 Å². The van der Waals surface area contributed by atoms with Crippen molar-refractivity contribution in [2.75, 3.05) is 5.88 Å². The monoisotopic (exact) mass is 232 g/mol. The lowest BCUT2D eigenvalue weighted by molar-refractivity contribution is 0.410. The molecule has 0 aliphatic rings. The molecule has 0 aromatic carbocycles. The topological polar surface area (TPSA) is 0 Å². The molecular formula is C7H15Cl3Si. The molecule has 3 unspecified atom stereocenters. The molecule has 0 fully saturated rings. The summed E-state index contributed by atoms with van der Waals surface area (Å²) in [6.45, 7) is 6.42. The van der Waals surface area contributed by atoms with Gasteiger partial charge in [0.25, 0.3) is 0 Å². The molecule has 0 rings (SSSR count). The highest BCUT2D eigenvalue weighted by atomic mass is 35.7. The van der Waals surface area contributed by atoms with Gasteiger partial charge in [0, 0.05) is 5.88 Å². The number of hydrogen-bond donors (Lipinski definition) is 0. The average molecular weight is 234 g/mol. The van der Waals surface area contributed by atoms with Gasteiger partial charge in [-0.15, -0.1) is 11.6 Å². The molecule has 68 valence electrons. The zero-order valence-electron chi connectivity index (χ0n) is 7.15. The summed E-state index contributed by atoms with van der Waals surface area (Å²) in [7, 11) is -1.51. The summed E-state index contributed by atoms with van der Waals surface area (Å²) >= 11 is 17.5. The Kier molecular flexibility index (Phi) is 6.25. The maximum atomic E-state index is 5.89. The van der Waals surface area contributed by atoms with E-state index in [4.69, 9.17) is 33.8 Å². The number of hydrogen-bond acceptors (Lipinski definition) is 0. The third-order valence-corrected chi connectivity index (χ3v) is 6.64. The lowest BCUT2D eigenvalue weighted by Crippen LogP contribution is -2.20. The largest absolute Gasteiger partial charge is 0.240 e. The normalized spacial score (nSPS) is 19.9. The van der Waals surface area contributed by atoms with Crippen LogP contribution in [0, 0.1) is 11.8 Å². The van der Waals surface area contributed by atoms with Gasteiger partial charge < -0.3 is 0 Å². The Morgan fingerprint density at radius 1 is 1.18 bits per heavy atom. The molecule has 0 radical (unpaired) electrons. The van der Waals surface area contributed by atoms with Gasteiger partial charge in [-0.2, -0.15) is 22.2 Å². The standard InChI is InChI=1S/C7H15Cl3Si/c1-5(4-8)6(2)7(3)11(9)10/h5-7,11H,4H2,1-3H3. The summed E-state index contributed by atoms with van der Waals surface area (Å²) in [4.78, 5) is 0. The van der Waals surface area contributed by atoms with Crippen molar-refractivity contribution in [1.82, 2.24) is 0 Å². The second-order valence-corrected chi connectivity index (χ2v) is 8.70. The van der Waals surface area contributed by atoms with Crippen LogP contribution in [-0.2, 0) is 0 Å². The van der Waals surface area contributed by atoms with Gasteiger partial charge in [-0.3, -0.25) is 0 Å². The Bertz CT molecular complexity index is 108. The molecule has 0 spiro atoms. The highest BCUT2D eigenvalue weighted by molar-refractivity contribution is 7.34. The first-order valence-electron chi connectivity index (χ1n) is 3.84. The van der Waals surface area contributed by atoms with Gasteiger partial charge in [-0.05, 0) is 17.4 Å². The van der Waals surface area contributed by atoms with E-state index in [1.54, 1.807) is 0 Å². The van der Waals surface area contributed by atoms with Crippen LogP contribution >= 0.6 is 33.8 Å². The van der Waals surface area contributed by atoms with Gasteiger partial charge in [0.15, 0.2) is 0 Å². The minimum atomic E-state index is -1.51. The van der Waals surface area contributed by atoms with Crippen molar-refractivity contribution in [3.05, 3.63) is 0 Å². The van der Waals surface area contributed by atoms with E-state index in [9.17, 15) is 0 Å². The number of halogens is 3. The first kappa shape index (κ1) is 12.1. The third-order valence-electron chi connectivity index (χ3n) is 2.37. The molecule has 0 heterocycles. The van der Waals surface area contributed by atoms with Crippen LogP contribution in [0.5, 0.6) is 0 Å². The van der Waals surface area contributed by atoms with Crippen molar-refractivity contribution in [2.45, 2.75) is 26.3 Å². The minimum Gasteiger partial charge on any atom is -0.150 e. The van der Waals surface area contributed by atoms with E-state index < -0.39 is 7.42 Å². The molecule has 4 heteroatoms. The van der Waals surface area contributed by atoms with Crippen LogP contribution in [0.1, 0.15) is 20.8 Å². The fourth-order valence-corrected chi connectivity index (χ4v) is 3.38. The van der Waals surface area contributed by atoms with Crippen molar-refractivity contribution in [2.24, 2.45) is 11.8 Å². The van der Waals surface area contributed by atoms with E-state index in [1.165, 1.54) is 0 Å². The van der Waals surface area contributed by atoms with Crippen LogP contribution < -0.4 is 0 Å². The Hall–Kier alpha value is 1.09. The van der Waals surface area contributed by atoms with Crippen LogP contribution in [0.15, 0.2) is 0 Å². The highest BCUT2D eigenvalue weighted by Gasteiger charge is 2.24. The van der Waals surface area contributed by atoms with Crippen LogP contribution in [0.25, 0.3) is 0 Å². The number of rotatable bonds is 4. The van der Waals surface area contributed by atoms with Gasteiger partial charge in [0.1, 0.15) is 0 Å². The van der Waals surface area contributed by atoms with Crippen LogP contribution in [0.2, 0.25) is 5.54 Å². The van der Waals surface area contributed by atoms with Gasteiger partial charge in [0.2, 0.25) is 7.42 Å². The molecule has 0 saturated carbocycles. The van der Waals surface area contributed by atoms with Crippen molar-refractivity contribution in [3.8, 4) is 0 Å². The van der Waals surface area contributed by atoms with Gasteiger partial charge in [-0.1, -0.05) is 20.8 Å². The first-order chi connectivity index (χ1) is 5.00. The fourth-order valence-electron chi connectivity index (χ4n) is 0.888. The first-order valence-corrected chi connectivity index (χ1v) is 8.54. The SMILES string of the molecule is CC(CCl)C(C)C(C)[SiH](Cl)Cl. The van der Waals surface area contributed by atoms with Crippen LogP contribution in [-0.4, -0.2) is 13.3 Å². The number of alkyl halides is 1. The summed E-state index contributed by atoms with van der Waals surface area (Å²) in [5.41, 5.74) is 0.451. The maximum Gasteiger partial charge on any atom is 0.240 e. The van der Waals surface area contributed by atoms with Crippen molar-refractivity contribution < 1.29 is 0 Å². The van der Waals surface area contributed by atoms with Crippen molar-refractivity contribution in [1.29, 1.82) is 0 Å². The Morgan fingerprint density at radius 2 is 1.64 bits per heavy atom. The summed E-state index contributed by atoms with van der Waals surface area (Å²) in [5.74, 6) is 1.75. The predicted molar refractivity (Wildman–Crippen MR) is 57.3 cm³/mol. The third kappa shape index (κ3) is 4.02. The molecule has 0 aromatic heterocycles. The van der Waals surface area contributed by atoms with Crippen LogP contribution in [0.3, 0.4) is 0 Å². The molecule has 0 aliphatic heterocycles. The second kappa shape index (κ2) is 5.68. The summed E-state index contributed by atoms with van der Waals surface area (Å²) in [6.07, 6.45) is 0. The van der Waals surface area contributed by atoms with Gasteiger partial charge >= 0.3 is 0 Å². The molecule has 0 aliphatic carbocycles.